The number of benzene rings is 2. The van der Waals surface area contributed by atoms with E-state index in [4.69, 9.17) is 14.2 Å². The van der Waals surface area contributed by atoms with Crippen molar-refractivity contribution in [3.63, 3.8) is 0 Å². The van der Waals surface area contributed by atoms with Crippen LogP contribution in [0.1, 0.15) is 171 Å². The molecular weight excluding hydrogens is 705 g/mol. The molecular formula is C48H60O8. The first-order valence-electron chi connectivity index (χ1n) is 21.6. The summed E-state index contributed by atoms with van der Waals surface area (Å²) >= 11 is 0. The predicted molar refractivity (Wildman–Crippen MR) is 216 cm³/mol. The Bertz CT molecular complexity index is 1790. The maximum atomic E-state index is 15.1. The Morgan fingerprint density at radius 3 is 1.62 bits per heavy atom. The summed E-state index contributed by atoms with van der Waals surface area (Å²) in [6, 6.07) is 13.6. The number of fused-ring (bicyclic) bond motifs is 2. The first kappa shape index (κ1) is 41.3. The molecule has 2 aromatic carbocycles. The zero-order chi connectivity index (χ0) is 39.6. The standard InChI is InChI=1S/C48H60O8/c1-3-5-7-9-13-19-42(50)54-37-25-21-35(22-26-37)40(49)33-39-44(52)47(31-17-12-18-32-47)48(46(39)29-15-11-16-30-46)34-41(56-45(48)53)36-23-27-38(28-24-36)55-43(51)20-14-10-8-6-4-2/h21-28,33-34H,3-20,29-32H2,1-2H3/b39-33+. The fourth-order valence-corrected chi connectivity index (χ4v) is 10.1. The number of rotatable bonds is 17. The van der Waals surface area contributed by atoms with Gasteiger partial charge in [0.05, 0.1) is 5.41 Å². The second-order valence-corrected chi connectivity index (χ2v) is 16.6. The second-order valence-electron chi connectivity index (χ2n) is 16.6. The van der Waals surface area contributed by atoms with Crippen molar-refractivity contribution in [2.24, 2.45) is 16.2 Å². The largest absolute Gasteiger partial charge is 0.427 e. The highest BCUT2D eigenvalue weighted by atomic mass is 16.5. The number of ether oxygens (including phenoxy) is 3. The normalized spacial score (nSPS) is 21.8. The third kappa shape index (κ3) is 8.35. The molecule has 8 heteroatoms. The van der Waals surface area contributed by atoms with Gasteiger partial charge in [0.15, 0.2) is 11.6 Å². The van der Waals surface area contributed by atoms with E-state index in [0.29, 0.717) is 72.5 Å². The maximum absolute atomic E-state index is 15.1. The van der Waals surface area contributed by atoms with Crippen molar-refractivity contribution in [2.45, 2.75) is 155 Å². The quantitative estimate of drug-likeness (QED) is 0.0514. The highest BCUT2D eigenvalue weighted by molar-refractivity contribution is 6.17. The van der Waals surface area contributed by atoms with Gasteiger partial charge >= 0.3 is 17.9 Å². The van der Waals surface area contributed by atoms with E-state index in [2.05, 4.69) is 13.8 Å². The minimum Gasteiger partial charge on any atom is -0.427 e. The van der Waals surface area contributed by atoms with Gasteiger partial charge in [-0.3, -0.25) is 24.0 Å². The topological polar surface area (TPSA) is 113 Å². The summed E-state index contributed by atoms with van der Waals surface area (Å²) < 4.78 is 17.4. The van der Waals surface area contributed by atoms with Crippen LogP contribution in [0, 0.1) is 16.2 Å². The molecule has 300 valence electrons. The van der Waals surface area contributed by atoms with Crippen LogP contribution in [0.5, 0.6) is 11.5 Å². The van der Waals surface area contributed by atoms with Gasteiger partial charge in [-0.25, -0.2) is 0 Å². The summed E-state index contributed by atoms with van der Waals surface area (Å²) in [4.78, 5) is 68.8. The minimum absolute atomic E-state index is 0.0941. The molecule has 1 aliphatic heterocycles. The molecule has 8 nitrogen and oxygen atoms in total. The summed E-state index contributed by atoms with van der Waals surface area (Å²) in [6.45, 7) is 4.32. The summed E-state index contributed by atoms with van der Waals surface area (Å²) in [7, 11) is 0. The van der Waals surface area contributed by atoms with Crippen molar-refractivity contribution in [1.29, 1.82) is 0 Å². The Kier molecular flexibility index (Phi) is 13.8. The van der Waals surface area contributed by atoms with Crippen LogP contribution in [-0.4, -0.2) is 29.5 Å². The van der Waals surface area contributed by atoms with Gasteiger partial charge in [0, 0.05) is 35.0 Å². The Hall–Kier alpha value is -4.33. The van der Waals surface area contributed by atoms with Crippen LogP contribution < -0.4 is 9.47 Å². The number of carbonyl (C=O) groups excluding carboxylic acids is 5. The fraction of sp³-hybridized carbons (Fsp3) is 0.562. The average molecular weight is 765 g/mol. The van der Waals surface area contributed by atoms with Crippen LogP contribution in [0.3, 0.4) is 0 Å². The SMILES string of the molecule is CCCCCCCC(=O)Oc1ccc(C(=O)/C=C2\C(=O)C3(CCCCC3)C3(C=C(c4ccc(OC(=O)CCCCCCC)cc4)OC3=O)C23CCCCC3)cc1. The van der Waals surface area contributed by atoms with E-state index < -0.39 is 22.2 Å². The Labute approximate surface area is 332 Å². The monoisotopic (exact) mass is 764 g/mol. The molecule has 0 N–H and O–H groups in total. The lowest BCUT2D eigenvalue weighted by molar-refractivity contribution is -0.161. The zero-order valence-electron chi connectivity index (χ0n) is 33.6. The van der Waals surface area contributed by atoms with E-state index in [0.717, 1.165) is 96.3 Å². The fourth-order valence-electron chi connectivity index (χ4n) is 10.1. The molecule has 1 heterocycles. The van der Waals surface area contributed by atoms with Crippen molar-refractivity contribution in [1.82, 2.24) is 0 Å². The number of esters is 3. The molecule has 3 saturated carbocycles. The zero-order valence-corrected chi connectivity index (χ0v) is 33.6. The third-order valence-corrected chi connectivity index (χ3v) is 13.0. The molecule has 3 aliphatic carbocycles. The number of hydrogen-bond acceptors (Lipinski definition) is 8. The van der Waals surface area contributed by atoms with Crippen LogP contribution in [0.25, 0.3) is 5.76 Å². The molecule has 3 fully saturated rings. The van der Waals surface area contributed by atoms with Crippen LogP contribution in [-0.2, 0) is 23.9 Å². The number of unbranched alkanes of at least 4 members (excludes halogenated alkanes) is 8. The molecule has 4 aliphatic rings. The van der Waals surface area contributed by atoms with Crippen molar-refractivity contribution in [2.75, 3.05) is 0 Å². The van der Waals surface area contributed by atoms with Gasteiger partial charge in [0.25, 0.3) is 0 Å². The van der Waals surface area contributed by atoms with E-state index in [1.165, 1.54) is 12.5 Å². The minimum atomic E-state index is -1.24. The highest BCUT2D eigenvalue weighted by Crippen LogP contribution is 2.74. The second kappa shape index (κ2) is 18.7. The van der Waals surface area contributed by atoms with Crippen molar-refractivity contribution >= 4 is 35.2 Å². The number of allylic oxidation sites excluding steroid dienone is 2. The average Bonchev–Trinajstić information content (AvgIpc) is 3.64. The van der Waals surface area contributed by atoms with E-state index >= 15 is 4.79 Å². The van der Waals surface area contributed by atoms with Crippen molar-refractivity contribution in [3.8, 4) is 11.5 Å². The molecule has 3 spiro atoms. The molecule has 56 heavy (non-hydrogen) atoms. The molecule has 1 unspecified atom stereocenters. The van der Waals surface area contributed by atoms with Gasteiger partial charge in [0.1, 0.15) is 22.7 Å². The molecule has 0 radical (unpaired) electrons. The molecule has 0 bridgehead atoms. The Balaban J connectivity index is 1.26. The lowest BCUT2D eigenvalue weighted by Crippen LogP contribution is -2.53. The van der Waals surface area contributed by atoms with Gasteiger partial charge in [-0.1, -0.05) is 104 Å². The summed E-state index contributed by atoms with van der Waals surface area (Å²) in [6.07, 6.45) is 22.2. The molecule has 0 saturated heterocycles. The molecule has 6 rings (SSSR count). The number of carbonyl (C=O) groups is 5. The van der Waals surface area contributed by atoms with Crippen LogP contribution >= 0.6 is 0 Å². The number of hydrogen-bond donors (Lipinski definition) is 0. The van der Waals surface area contributed by atoms with E-state index in [9.17, 15) is 19.2 Å². The molecule has 0 aromatic heterocycles. The number of cyclic esters (lactones) is 1. The summed E-state index contributed by atoms with van der Waals surface area (Å²) in [5.41, 5.74) is -1.62. The third-order valence-electron chi connectivity index (χ3n) is 13.0. The Morgan fingerprint density at radius 2 is 1.11 bits per heavy atom. The van der Waals surface area contributed by atoms with E-state index in [1.807, 2.05) is 6.08 Å². The van der Waals surface area contributed by atoms with Gasteiger partial charge in [-0.15, -0.1) is 0 Å². The molecule has 0 amide bonds. The van der Waals surface area contributed by atoms with E-state index in [-0.39, 0.29) is 23.5 Å². The summed E-state index contributed by atoms with van der Waals surface area (Å²) in [5.74, 6) is -0.146. The predicted octanol–water partition coefficient (Wildman–Crippen LogP) is 11.4. The smallest absolute Gasteiger partial charge is 0.323 e. The van der Waals surface area contributed by atoms with Gasteiger partial charge < -0.3 is 14.2 Å². The summed E-state index contributed by atoms with van der Waals surface area (Å²) in [5, 5.41) is 0. The van der Waals surface area contributed by atoms with Gasteiger partial charge in [0.2, 0.25) is 0 Å². The van der Waals surface area contributed by atoms with E-state index in [1.54, 1.807) is 48.5 Å². The van der Waals surface area contributed by atoms with Crippen molar-refractivity contribution < 1.29 is 38.2 Å². The van der Waals surface area contributed by atoms with Crippen LogP contribution in [0.2, 0.25) is 0 Å². The lowest BCUT2D eigenvalue weighted by atomic mass is 9.49. The van der Waals surface area contributed by atoms with Gasteiger partial charge in [-0.2, -0.15) is 0 Å². The first-order chi connectivity index (χ1) is 27.2. The van der Waals surface area contributed by atoms with Crippen LogP contribution in [0.15, 0.2) is 66.3 Å². The number of ketones is 2. The highest BCUT2D eigenvalue weighted by Gasteiger charge is 2.78. The molecule has 2 aromatic rings. The molecule has 1 atom stereocenters. The van der Waals surface area contributed by atoms with Gasteiger partial charge in [-0.05, 0) is 99.2 Å². The lowest BCUT2D eigenvalue weighted by Gasteiger charge is -2.50. The van der Waals surface area contributed by atoms with Crippen LogP contribution in [0.4, 0.5) is 0 Å². The Morgan fingerprint density at radius 1 is 0.625 bits per heavy atom. The van der Waals surface area contributed by atoms with Crippen molar-refractivity contribution in [3.05, 3.63) is 77.4 Å². The maximum Gasteiger partial charge on any atom is 0.323 e. The first-order valence-corrected chi connectivity index (χ1v) is 21.6. The number of Topliss-reactive ketones (excluding diaryl/α,β-unsaturated/α-hetero) is 1.